The summed E-state index contributed by atoms with van der Waals surface area (Å²) in [5.41, 5.74) is -0.542. The Morgan fingerprint density at radius 1 is 1.42 bits per heavy atom. The van der Waals surface area contributed by atoms with Gasteiger partial charge in [0, 0.05) is 18.5 Å². The van der Waals surface area contributed by atoms with Crippen LogP contribution in [-0.2, 0) is 14.4 Å². The lowest BCUT2D eigenvalue weighted by atomic mass is 9.95. The van der Waals surface area contributed by atoms with Gasteiger partial charge in [0.1, 0.15) is 12.1 Å². The molecule has 0 aromatic rings. The van der Waals surface area contributed by atoms with Gasteiger partial charge >= 0.3 is 0 Å². The van der Waals surface area contributed by atoms with E-state index >= 15 is 0 Å². The monoisotopic (exact) mass is 269 g/mol. The van der Waals surface area contributed by atoms with Crippen LogP contribution < -0.4 is 10.6 Å². The summed E-state index contributed by atoms with van der Waals surface area (Å²) < 4.78 is 0. The van der Waals surface area contributed by atoms with Gasteiger partial charge in [0.05, 0.1) is 0 Å². The van der Waals surface area contributed by atoms with Crippen LogP contribution in [0.15, 0.2) is 0 Å². The molecule has 1 aliphatic heterocycles. The molecule has 0 aromatic carbocycles. The maximum absolute atomic E-state index is 12.2. The Hall–Kier alpha value is -1.59. The van der Waals surface area contributed by atoms with Gasteiger partial charge in [-0.1, -0.05) is 20.8 Å². The fraction of sp³-hybridized carbons (Fsp3) is 0.769. The van der Waals surface area contributed by atoms with Crippen molar-refractivity contribution >= 4 is 17.7 Å². The fourth-order valence-electron chi connectivity index (χ4n) is 1.81. The van der Waals surface area contributed by atoms with E-state index < -0.39 is 17.5 Å². The number of hydrogen-bond donors (Lipinski definition) is 2. The molecule has 0 spiro atoms. The molecule has 1 saturated heterocycles. The lowest BCUT2D eigenvalue weighted by Crippen LogP contribution is -2.60. The van der Waals surface area contributed by atoms with Gasteiger partial charge in [0.25, 0.3) is 0 Å². The van der Waals surface area contributed by atoms with Gasteiger partial charge in [-0.2, -0.15) is 0 Å². The third kappa shape index (κ3) is 3.68. The van der Waals surface area contributed by atoms with E-state index in [1.807, 2.05) is 0 Å². The summed E-state index contributed by atoms with van der Waals surface area (Å²) in [6.45, 7) is 9.62. The van der Waals surface area contributed by atoms with E-state index in [0.29, 0.717) is 13.1 Å². The quantitative estimate of drug-likeness (QED) is 0.734. The molecule has 0 radical (unpaired) electrons. The number of amides is 3. The van der Waals surface area contributed by atoms with E-state index in [2.05, 4.69) is 10.6 Å². The summed E-state index contributed by atoms with van der Waals surface area (Å²) in [5, 5.41) is 5.39. The Balaban J connectivity index is 2.67. The Labute approximate surface area is 113 Å². The lowest BCUT2D eigenvalue weighted by molar-refractivity contribution is -0.145. The predicted octanol–water partition coefficient (Wildman–Crippen LogP) is -0.116. The zero-order valence-corrected chi connectivity index (χ0v) is 12.2. The van der Waals surface area contributed by atoms with Gasteiger partial charge in [0.2, 0.25) is 17.7 Å². The highest BCUT2D eigenvalue weighted by atomic mass is 16.2. The van der Waals surface area contributed by atoms with Gasteiger partial charge in [0.15, 0.2) is 0 Å². The third-order valence-corrected chi connectivity index (χ3v) is 3.18. The summed E-state index contributed by atoms with van der Waals surface area (Å²) in [5.74, 6) is -0.559. The number of rotatable bonds is 2. The number of carbonyl (C=O) groups is 3. The van der Waals surface area contributed by atoms with Crippen molar-refractivity contribution in [2.45, 2.75) is 46.7 Å². The molecule has 0 aromatic heterocycles. The molecule has 1 heterocycles. The molecule has 1 fully saturated rings. The second-order valence-electron chi connectivity index (χ2n) is 5.94. The molecule has 2 N–H and O–H groups in total. The van der Waals surface area contributed by atoms with Crippen molar-refractivity contribution in [3.8, 4) is 0 Å². The van der Waals surface area contributed by atoms with Crippen molar-refractivity contribution in [2.24, 2.45) is 5.41 Å². The highest BCUT2D eigenvalue weighted by molar-refractivity contribution is 5.93. The zero-order chi connectivity index (χ0) is 14.8. The molecule has 2 unspecified atom stereocenters. The van der Waals surface area contributed by atoms with Crippen molar-refractivity contribution in [3.05, 3.63) is 0 Å². The van der Waals surface area contributed by atoms with Crippen LogP contribution in [0, 0.1) is 5.41 Å². The van der Waals surface area contributed by atoms with Gasteiger partial charge in [-0.05, 0) is 13.8 Å². The van der Waals surface area contributed by atoms with E-state index in [1.165, 1.54) is 4.90 Å². The molecule has 6 nitrogen and oxygen atoms in total. The van der Waals surface area contributed by atoms with E-state index in [0.717, 1.165) is 0 Å². The van der Waals surface area contributed by atoms with Crippen LogP contribution in [0.1, 0.15) is 34.6 Å². The Morgan fingerprint density at radius 2 is 2.00 bits per heavy atom. The highest BCUT2D eigenvalue weighted by Crippen LogP contribution is 2.14. The Kier molecular flexibility index (Phi) is 4.55. The largest absolute Gasteiger partial charge is 0.353 e. The van der Waals surface area contributed by atoms with Crippen molar-refractivity contribution < 1.29 is 14.4 Å². The van der Waals surface area contributed by atoms with E-state index in [9.17, 15) is 14.4 Å². The van der Waals surface area contributed by atoms with Gasteiger partial charge in [-0.15, -0.1) is 0 Å². The van der Waals surface area contributed by atoms with Gasteiger partial charge in [-0.3, -0.25) is 14.4 Å². The first-order valence-electron chi connectivity index (χ1n) is 6.53. The number of hydrogen-bond acceptors (Lipinski definition) is 3. The summed E-state index contributed by atoms with van der Waals surface area (Å²) in [6.07, 6.45) is 0. The first-order chi connectivity index (χ1) is 8.64. The lowest BCUT2D eigenvalue weighted by Gasteiger charge is -2.35. The molecule has 0 bridgehead atoms. The molecule has 3 amide bonds. The molecule has 0 aliphatic carbocycles. The van der Waals surface area contributed by atoms with E-state index in [4.69, 9.17) is 0 Å². The van der Waals surface area contributed by atoms with E-state index in [1.54, 1.807) is 34.6 Å². The summed E-state index contributed by atoms with van der Waals surface area (Å²) in [7, 11) is 0. The third-order valence-electron chi connectivity index (χ3n) is 3.18. The number of piperazine rings is 1. The van der Waals surface area contributed by atoms with Gasteiger partial charge in [-0.25, -0.2) is 0 Å². The van der Waals surface area contributed by atoms with Crippen LogP contribution in [0.25, 0.3) is 0 Å². The van der Waals surface area contributed by atoms with Crippen LogP contribution in [0.4, 0.5) is 0 Å². The second kappa shape index (κ2) is 5.59. The number of carbonyl (C=O) groups excluding carboxylic acids is 3. The smallest absolute Gasteiger partial charge is 0.245 e. The molecule has 1 rings (SSSR count). The maximum Gasteiger partial charge on any atom is 0.245 e. The van der Waals surface area contributed by atoms with Crippen LogP contribution >= 0.6 is 0 Å². The molecule has 1 aliphatic rings. The maximum atomic E-state index is 12.2. The van der Waals surface area contributed by atoms with Crippen molar-refractivity contribution in [1.29, 1.82) is 0 Å². The SMILES string of the molecule is CC(NC(=O)C(C)(C)C)C(=O)N1CCNC(=O)C1C. The molecule has 6 heteroatoms. The Morgan fingerprint density at radius 3 is 2.53 bits per heavy atom. The van der Waals surface area contributed by atoms with Crippen LogP contribution in [0.5, 0.6) is 0 Å². The van der Waals surface area contributed by atoms with E-state index in [-0.39, 0.29) is 17.7 Å². The standard InChI is InChI=1S/C13H23N3O3/c1-8(15-12(19)13(3,4)5)11(18)16-7-6-14-10(17)9(16)2/h8-9H,6-7H2,1-5H3,(H,14,17)(H,15,19). The topological polar surface area (TPSA) is 78.5 Å². The summed E-state index contributed by atoms with van der Waals surface area (Å²) in [4.78, 5) is 37.1. The molecular weight excluding hydrogens is 246 g/mol. The highest BCUT2D eigenvalue weighted by Gasteiger charge is 2.33. The number of nitrogens with one attached hydrogen (secondary N) is 2. The first kappa shape index (κ1) is 15.5. The van der Waals surface area contributed by atoms with Crippen LogP contribution in [0.3, 0.4) is 0 Å². The van der Waals surface area contributed by atoms with Crippen molar-refractivity contribution in [2.75, 3.05) is 13.1 Å². The average Bonchev–Trinajstić information content (AvgIpc) is 2.30. The van der Waals surface area contributed by atoms with Crippen molar-refractivity contribution in [3.63, 3.8) is 0 Å². The van der Waals surface area contributed by atoms with Crippen LogP contribution in [-0.4, -0.2) is 47.8 Å². The molecule has 108 valence electrons. The number of nitrogens with zero attached hydrogens (tertiary/aromatic N) is 1. The van der Waals surface area contributed by atoms with Crippen LogP contribution in [0.2, 0.25) is 0 Å². The summed E-state index contributed by atoms with van der Waals surface area (Å²) in [6, 6.07) is -1.12. The molecule has 19 heavy (non-hydrogen) atoms. The van der Waals surface area contributed by atoms with Gasteiger partial charge < -0.3 is 15.5 Å². The average molecular weight is 269 g/mol. The van der Waals surface area contributed by atoms with Crippen molar-refractivity contribution in [1.82, 2.24) is 15.5 Å². The molecular formula is C13H23N3O3. The molecule has 0 saturated carbocycles. The predicted molar refractivity (Wildman–Crippen MR) is 71.2 cm³/mol. The minimum atomic E-state index is -0.625. The minimum absolute atomic E-state index is 0.158. The molecule has 2 atom stereocenters. The zero-order valence-electron chi connectivity index (χ0n) is 12.2. The first-order valence-corrected chi connectivity index (χ1v) is 6.53. The summed E-state index contributed by atoms with van der Waals surface area (Å²) >= 11 is 0. The second-order valence-corrected chi connectivity index (χ2v) is 5.94. The fourth-order valence-corrected chi connectivity index (χ4v) is 1.81. The normalized spacial score (nSPS) is 21.6. The Bertz CT molecular complexity index is 387. The minimum Gasteiger partial charge on any atom is -0.353 e.